The van der Waals surface area contributed by atoms with E-state index in [9.17, 15) is 5.11 Å². The largest absolute Gasteiger partial charge is 0.392 e. The van der Waals surface area contributed by atoms with Gasteiger partial charge in [-0.05, 0) is 43.0 Å². The minimum Gasteiger partial charge on any atom is -0.392 e. The summed E-state index contributed by atoms with van der Waals surface area (Å²) in [5.41, 5.74) is 3.54. The molecule has 1 aromatic rings. The third kappa shape index (κ3) is 2.38. The molecule has 2 fully saturated rings. The van der Waals surface area contributed by atoms with Crippen molar-refractivity contribution in [1.29, 1.82) is 0 Å². The molecule has 1 saturated heterocycles. The van der Waals surface area contributed by atoms with E-state index in [0.29, 0.717) is 0 Å². The number of nitrogens with zero attached hydrogens (tertiary/aromatic N) is 2. The molecular formula is C15H22N2O. The molecule has 0 unspecified atom stereocenters. The van der Waals surface area contributed by atoms with Crippen LogP contribution in [-0.4, -0.2) is 42.2 Å². The van der Waals surface area contributed by atoms with E-state index in [-0.39, 0.29) is 6.61 Å². The maximum atomic E-state index is 9.20. The van der Waals surface area contributed by atoms with Crippen molar-refractivity contribution in [3.8, 4) is 0 Å². The molecule has 1 saturated carbocycles. The third-order valence-corrected chi connectivity index (χ3v) is 4.24. The zero-order chi connectivity index (χ0) is 12.5. The monoisotopic (exact) mass is 246 g/mol. The number of aliphatic hydroxyl groups is 1. The molecule has 3 rings (SSSR count). The summed E-state index contributed by atoms with van der Waals surface area (Å²) in [6.07, 6.45) is 2.81. The van der Waals surface area contributed by atoms with Crippen molar-refractivity contribution in [1.82, 2.24) is 4.90 Å². The molecule has 98 valence electrons. The number of hydrogen-bond acceptors (Lipinski definition) is 3. The van der Waals surface area contributed by atoms with Gasteiger partial charge in [-0.3, -0.25) is 4.90 Å². The molecule has 3 heteroatoms. The lowest BCUT2D eigenvalue weighted by atomic mass is 10.1. The highest BCUT2D eigenvalue weighted by atomic mass is 16.3. The van der Waals surface area contributed by atoms with Crippen LogP contribution in [0, 0.1) is 6.92 Å². The van der Waals surface area contributed by atoms with Crippen LogP contribution in [0.5, 0.6) is 0 Å². The quantitative estimate of drug-likeness (QED) is 0.880. The van der Waals surface area contributed by atoms with Crippen LogP contribution in [-0.2, 0) is 6.61 Å². The lowest BCUT2D eigenvalue weighted by Gasteiger charge is -2.36. The summed E-state index contributed by atoms with van der Waals surface area (Å²) in [6, 6.07) is 7.30. The van der Waals surface area contributed by atoms with Crippen LogP contribution in [0.3, 0.4) is 0 Å². The first-order valence-corrected chi connectivity index (χ1v) is 6.97. The fourth-order valence-corrected chi connectivity index (χ4v) is 2.84. The minimum absolute atomic E-state index is 0.140. The van der Waals surface area contributed by atoms with Gasteiger partial charge in [0.1, 0.15) is 0 Å². The van der Waals surface area contributed by atoms with E-state index in [4.69, 9.17) is 0 Å². The molecule has 1 aliphatic carbocycles. The number of piperazine rings is 1. The Balaban J connectivity index is 1.66. The van der Waals surface area contributed by atoms with E-state index in [0.717, 1.165) is 24.7 Å². The second-order valence-electron chi connectivity index (χ2n) is 5.52. The Kier molecular flexibility index (Phi) is 3.27. The lowest BCUT2D eigenvalue weighted by Crippen LogP contribution is -2.47. The minimum atomic E-state index is 0.140. The van der Waals surface area contributed by atoms with E-state index in [2.05, 4.69) is 34.9 Å². The first-order chi connectivity index (χ1) is 8.78. The predicted molar refractivity (Wildman–Crippen MR) is 73.9 cm³/mol. The zero-order valence-corrected chi connectivity index (χ0v) is 11.1. The van der Waals surface area contributed by atoms with Gasteiger partial charge in [-0.25, -0.2) is 0 Å². The van der Waals surface area contributed by atoms with Gasteiger partial charge >= 0.3 is 0 Å². The molecule has 0 radical (unpaired) electrons. The Bertz CT molecular complexity index is 421. The van der Waals surface area contributed by atoms with Crippen molar-refractivity contribution < 1.29 is 5.11 Å². The molecule has 18 heavy (non-hydrogen) atoms. The molecule has 2 aliphatic rings. The van der Waals surface area contributed by atoms with Gasteiger partial charge in [0.05, 0.1) is 6.61 Å². The molecule has 1 heterocycles. The van der Waals surface area contributed by atoms with Crippen LogP contribution in [0.1, 0.15) is 24.0 Å². The lowest BCUT2D eigenvalue weighted by molar-refractivity contribution is 0.248. The van der Waals surface area contributed by atoms with E-state index >= 15 is 0 Å². The smallest absolute Gasteiger partial charge is 0.0684 e. The van der Waals surface area contributed by atoms with Crippen LogP contribution in [0.2, 0.25) is 0 Å². The van der Waals surface area contributed by atoms with Gasteiger partial charge in [0.15, 0.2) is 0 Å². The first kappa shape index (κ1) is 12.0. The van der Waals surface area contributed by atoms with Crippen LogP contribution in [0.4, 0.5) is 5.69 Å². The SMILES string of the molecule is Cc1cc(N2CCN(C3CC3)CC2)ccc1CO. The third-order valence-electron chi connectivity index (χ3n) is 4.24. The number of rotatable bonds is 3. The Morgan fingerprint density at radius 1 is 1.17 bits per heavy atom. The number of aryl methyl sites for hydroxylation is 1. The molecule has 3 nitrogen and oxygen atoms in total. The fourth-order valence-electron chi connectivity index (χ4n) is 2.84. The standard InChI is InChI=1S/C15H22N2O/c1-12-10-15(3-2-13(12)11-18)17-8-6-16(7-9-17)14-4-5-14/h2-3,10,14,18H,4-9,11H2,1H3. The molecule has 1 aliphatic heterocycles. The molecule has 0 atom stereocenters. The second kappa shape index (κ2) is 4.90. The van der Waals surface area contributed by atoms with Crippen LogP contribution < -0.4 is 4.90 Å². The summed E-state index contributed by atoms with van der Waals surface area (Å²) in [4.78, 5) is 5.10. The van der Waals surface area contributed by atoms with Gasteiger partial charge in [-0.1, -0.05) is 6.07 Å². The van der Waals surface area contributed by atoms with Gasteiger partial charge in [-0.15, -0.1) is 0 Å². The Hall–Kier alpha value is -1.06. The first-order valence-electron chi connectivity index (χ1n) is 6.97. The Labute approximate surface area is 109 Å². The average Bonchev–Trinajstić information content (AvgIpc) is 3.23. The van der Waals surface area contributed by atoms with E-state index < -0.39 is 0 Å². The summed E-state index contributed by atoms with van der Waals surface area (Å²) in [7, 11) is 0. The van der Waals surface area contributed by atoms with Crippen molar-refractivity contribution in [2.75, 3.05) is 31.1 Å². The van der Waals surface area contributed by atoms with Crippen LogP contribution >= 0.6 is 0 Å². The highest BCUT2D eigenvalue weighted by molar-refractivity contribution is 5.51. The molecule has 0 spiro atoms. The zero-order valence-electron chi connectivity index (χ0n) is 11.1. The molecular weight excluding hydrogens is 224 g/mol. The van der Waals surface area contributed by atoms with Gasteiger partial charge in [0.25, 0.3) is 0 Å². The Morgan fingerprint density at radius 3 is 2.44 bits per heavy atom. The van der Waals surface area contributed by atoms with Crippen LogP contribution in [0.25, 0.3) is 0 Å². The fraction of sp³-hybridized carbons (Fsp3) is 0.600. The van der Waals surface area contributed by atoms with Crippen molar-refractivity contribution in [3.63, 3.8) is 0 Å². The number of benzene rings is 1. The summed E-state index contributed by atoms with van der Waals surface area (Å²) in [6.45, 7) is 6.89. The van der Waals surface area contributed by atoms with Crippen LogP contribution in [0.15, 0.2) is 18.2 Å². The maximum absolute atomic E-state index is 9.20. The molecule has 1 N–H and O–H groups in total. The van der Waals surface area contributed by atoms with Gasteiger partial charge in [-0.2, -0.15) is 0 Å². The topological polar surface area (TPSA) is 26.7 Å². The van der Waals surface area contributed by atoms with Gasteiger partial charge in [0.2, 0.25) is 0 Å². The molecule has 0 aromatic heterocycles. The number of hydrogen-bond donors (Lipinski definition) is 1. The summed E-state index contributed by atoms with van der Waals surface area (Å²) in [5.74, 6) is 0. The summed E-state index contributed by atoms with van der Waals surface area (Å²) >= 11 is 0. The summed E-state index contributed by atoms with van der Waals surface area (Å²) in [5, 5.41) is 9.20. The summed E-state index contributed by atoms with van der Waals surface area (Å²) < 4.78 is 0. The predicted octanol–water partition coefficient (Wildman–Crippen LogP) is 1.77. The van der Waals surface area contributed by atoms with Crippen molar-refractivity contribution >= 4 is 5.69 Å². The van der Waals surface area contributed by atoms with E-state index in [1.165, 1.54) is 37.2 Å². The highest BCUT2D eigenvalue weighted by Crippen LogP contribution is 2.28. The highest BCUT2D eigenvalue weighted by Gasteiger charge is 2.31. The molecule has 0 amide bonds. The normalized spacial score (nSPS) is 21.3. The van der Waals surface area contributed by atoms with E-state index in [1.54, 1.807) is 0 Å². The van der Waals surface area contributed by atoms with E-state index in [1.807, 2.05) is 0 Å². The average molecular weight is 246 g/mol. The molecule has 1 aromatic carbocycles. The van der Waals surface area contributed by atoms with Crippen molar-refractivity contribution in [2.45, 2.75) is 32.4 Å². The number of aliphatic hydroxyl groups excluding tert-OH is 1. The number of anilines is 1. The Morgan fingerprint density at radius 2 is 1.89 bits per heavy atom. The maximum Gasteiger partial charge on any atom is 0.0684 e. The van der Waals surface area contributed by atoms with Crippen molar-refractivity contribution in [3.05, 3.63) is 29.3 Å². The van der Waals surface area contributed by atoms with Crippen molar-refractivity contribution in [2.24, 2.45) is 0 Å². The van der Waals surface area contributed by atoms with Gasteiger partial charge < -0.3 is 10.0 Å². The van der Waals surface area contributed by atoms with Gasteiger partial charge in [0, 0.05) is 37.9 Å². The second-order valence-corrected chi connectivity index (χ2v) is 5.52. The molecule has 0 bridgehead atoms.